The summed E-state index contributed by atoms with van der Waals surface area (Å²) in [6.07, 6.45) is 1.43. The van der Waals surface area contributed by atoms with Gasteiger partial charge in [0.2, 0.25) is 0 Å². The quantitative estimate of drug-likeness (QED) is 0.782. The van der Waals surface area contributed by atoms with Gasteiger partial charge < -0.3 is 5.32 Å². The van der Waals surface area contributed by atoms with E-state index in [9.17, 15) is 4.79 Å². The third-order valence-corrected chi connectivity index (χ3v) is 3.75. The zero-order chi connectivity index (χ0) is 14.0. The normalized spacial score (nSPS) is 10.3. The van der Waals surface area contributed by atoms with Crippen molar-refractivity contribution in [3.8, 4) is 0 Å². The van der Waals surface area contributed by atoms with Crippen molar-refractivity contribution in [1.82, 2.24) is 9.97 Å². The molecule has 2 rings (SSSR count). The first-order chi connectivity index (χ1) is 8.97. The fourth-order valence-electron chi connectivity index (χ4n) is 1.27. The fourth-order valence-corrected chi connectivity index (χ4v) is 2.15. The minimum absolute atomic E-state index is 0.0333. The molecule has 0 saturated carbocycles. The minimum atomic E-state index is -0.412. The zero-order valence-corrected chi connectivity index (χ0v) is 13.0. The standard InChI is InChI=1S/C11H5BrCl3N3O/c12-7-3-5(4-16-10(7)15)17-11(19)6-1-2-8(13)18-9(6)14/h1-4H,(H,17,19). The van der Waals surface area contributed by atoms with Gasteiger partial charge in [-0.05, 0) is 34.1 Å². The van der Waals surface area contributed by atoms with Gasteiger partial charge in [-0.25, -0.2) is 9.97 Å². The number of anilines is 1. The van der Waals surface area contributed by atoms with Crippen LogP contribution in [0.25, 0.3) is 0 Å². The predicted octanol–water partition coefficient (Wildman–Crippen LogP) is 4.45. The van der Waals surface area contributed by atoms with E-state index in [2.05, 4.69) is 31.2 Å². The highest BCUT2D eigenvalue weighted by molar-refractivity contribution is 9.10. The summed E-state index contributed by atoms with van der Waals surface area (Å²) < 4.78 is 0.576. The number of rotatable bonds is 2. The van der Waals surface area contributed by atoms with E-state index in [0.717, 1.165) is 0 Å². The number of hydrogen-bond donors (Lipinski definition) is 1. The van der Waals surface area contributed by atoms with Crippen molar-refractivity contribution >= 4 is 62.3 Å². The van der Waals surface area contributed by atoms with Crippen LogP contribution in [-0.2, 0) is 0 Å². The van der Waals surface area contributed by atoms with Crippen LogP contribution in [0.15, 0.2) is 28.9 Å². The molecule has 2 aromatic heterocycles. The van der Waals surface area contributed by atoms with Crippen LogP contribution in [0.1, 0.15) is 10.4 Å². The van der Waals surface area contributed by atoms with Crippen LogP contribution < -0.4 is 5.32 Å². The van der Waals surface area contributed by atoms with Crippen molar-refractivity contribution in [2.75, 3.05) is 5.32 Å². The zero-order valence-electron chi connectivity index (χ0n) is 9.12. The third-order valence-electron chi connectivity index (χ3n) is 2.11. The van der Waals surface area contributed by atoms with Gasteiger partial charge in [0, 0.05) is 0 Å². The molecule has 0 unspecified atom stereocenters. The molecule has 0 aliphatic rings. The van der Waals surface area contributed by atoms with E-state index in [0.29, 0.717) is 15.3 Å². The highest BCUT2D eigenvalue weighted by Gasteiger charge is 2.13. The summed E-state index contributed by atoms with van der Waals surface area (Å²) in [5.41, 5.74) is 0.699. The Morgan fingerprint density at radius 2 is 1.95 bits per heavy atom. The second kappa shape index (κ2) is 6.05. The summed E-state index contributed by atoms with van der Waals surface area (Å²) in [5, 5.41) is 3.19. The van der Waals surface area contributed by atoms with E-state index in [-0.39, 0.29) is 15.9 Å². The van der Waals surface area contributed by atoms with Crippen LogP contribution in [0.4, 0.5) is 5.69 Å². The summed E-state index contributed by atoms with van der Waals surface area (Å²) in [6, 6.07) is 4.61. The Bertz CT molecular complexity index is 651. The second-order valence-electron chi connectivity index (χ2n) is 3.42. The smallest absolute Gasteiger partial charge is 0.258 e. The lowest BCUT2D eigenvalue weighted by Gasteiger charge is -2.07. The Morgan fingerprint density at radius 1 is 1.21 bits per heavy atom. The molecule has 0 aliphatic heterocycles. The summed E-state index contributed by atoms with van der Waals surface area (Å²) in [4.78, 5) is 19.7. The Kier molecular flexibility index (Phi) is 4.62. The van der Waals surface area contributed by atoms with E-state index in [1.165, 1.54) is 18.3 Å². The van der Waals surface area contributed by atoms with E-state index >= 15 is 0 Å². The first-order valence-electron chi connectivity index (χ1n) is 4.92. The highest BCUT2D eigenvalue weighted by atomic mass is 79.9. The second-order valence-corrected chi connectivity index (χ2v) is 5.38. The van der Waals surface area contributed by atoms with Gasteiger partial charge >= 0.3 is 0 Å². The van der Waals surface area contributed by atoms with Gasteiger partial charge in [-0.15, -0.1) is 0 Å². The number of amides is 1. The SMILES string of the molecule is O=C(Nc1cnc(Cl)c(Br)c1)c1ccc(Cl)nc1Cl. The minimum Gasteiger partial charge on any atom is -0.320 e. The summed E-state index contributed by atoms with van der Waals surface area (Å²) in [6.45, 7) is 0. The molecule has 0 spiro atoms. The number of nitrogens with zero attached hydrogens (tertiary/aromatic N) is 2. The largest absolute Gasteiger partial charge is 0.320 e. The summed E-state index contributed by atoms with van der Waals surface area (Å²) >= 11 is 20.5. The molecule has 4 nitrogen and oxygen atoms in total. The monoisotopic (exact) mass is 379 g/mol. The lowest BCUT2D eigenvalue weighted by Crippen LogP contribution is -2.13. The number of hydrogen-bond acceptors (Lipinski definition) is 3. The average Bonchev–Trinajstić information content (AvgIpc) is 2.33. The van der Waals surface area contributed by atoms with Crippen molar-refractivity contribution in [3.63, 3.8) is 0 Å². The fraction of sp³-hybridized carbons (Fsp3) is 0. The molecule has 98 valence electrons. The Hall–Kier alpha value is -0.880. The topological polar surface area (TPSA) is 54.9 Å². The van der Waals surface area contributed by atoms with Gasteiger partial charge in [0.15, 0.2) is 0 Å². The van der Waals surface area contributed by atoms with E-state index in [1.807, 2.05) is 0 Å². The van der Waals surface area contributed by atoms with Crippen LogP contribution in [0.5, 0.6) is 0 Å². The summed E-state index contributed by atoms with van der Waals surface area (Å²) in [7, 11) is 0. The molecule has 0 fully saturated rings. The van der Waals surface area contributed by atoms with Gasteiger partial charge in [-0.1, -0.05) is 34.8 Å². The first kappa shape index (κ1) is 14.5. The number of nitrogens with one attached hydrogen (secondary N) is 1. The number of carbonyl (C=O) groups excluding carboxylic acids is 1. The molecule has 0 aromatic carbocycles. The number of aromatic nitrogens is 2. The van der Waals surface area contributed by atoms with E-state index < -0.39 is 5.91 Å². The molecule has 0 aliphatic carbocycles. The van der Waals surface area contributed by atoms with Crippen molar-refractivity contribution < 1.29 is 4.79 Å². The maximum Gasteiger partial charge on any atom is 0.258 e. The maximum atomic E-state index is 12.0. The molecule has 0 bridgehead atoms. The highest BCUT2D eigenvalue weighted by Crippen LogP contribution is 2.24. The lowest BCUT2D eigenvalue weighted by atomic mass is 10.2. The van der Waals surface area contributed by atoms with Crippen molar-refractivity contribution in [3.05, 3.63) is 49.9 Å². The molecule has 2 aromatic rings. The predicted molar refractivity (Wildman–Crippen MR) is 79.2 cm³/mol. The lowest BCUT2D eigenvalue weighted by molar-refractivity contribution is 0.102. The molecule has 8 heteroatoms. The molecule has 0 radical (unpaired) electrons. The molecule has 1 amide bonds. The Morgan fingerprint density at radius 3 is 2.58 bits per heavy atom. The molecule has 0 atom stereocenters. The number of halogens is 4. The van der Waals surface area contributed by atoms with Crippen LogP contribution >= 0.6 is 50.7 Å². The third kappa shape index (κ3) is 3.57. The molecule has 2 heterocycles. The molecular formula is C11H5BrCl3N3O. The van der Waals surface area contributed by atoms with Gasteiger partial charge in [-0.3, -0.25) is 4.79 Å². The van der Waals surface area contributed by atoms with Gasteiger partial charge in [0.25, 0.3) is 5.91 Å². The molecule has 0 saturated heterocycles. The van der Waals surface area contributed by atoms with Gasteiger partial charge in [0.1, 0.15) is 15.5 Å². The van der Waals surface area contributed by atoms with Crippen molar-refractivity contribution in [2.24, 2.45) is 0 Å². The number of carbonyl (C=O) groups is 1. The summed E-state index contributed by atoms with van der Waals surface area (Å²) in [5.74, 6) is -0.412. The van der Waals surface area contributed by atoms with Crippen LogP contribution in [0.3, 0.4) is 0 Å². The van der Waals surface area contributed by atoms with Crippen LogP contribution in [0, 0.1) is 0 Å². The molecule has 1 N–H and O–H groups in total. The van der Waals surface area contributed by atoms with Crippen LogP contribution in [-0.4, -0.2) is 15.9 Å². The van der Waals surface area contributed by atoms with Gasteiger partial charge in [-0.2, -0.15) is 0 Å². The van der Waals surface area contributed by atoms with Crippen LogP contribution in [0.2, 0.25) is 15.5 Å². The molecular weight excluding hydrogens is 376 g/mol. The van der Waals surface area contributed by atoms with Crippen molar-refractivity contribution in [1.29, 1.82) is 0 Å². The molecule has 19 heavy (non-hydrogen) atoms. The van der Waals surface area contributed by atoms with Crippen molar-refractivity contribution in [2.45, 2.75) is 0 Å². The number of pyridine rings is 2. The Balaban J connectivity index is 2.23. The van der Waals surface area contributed by atoms with Gasteiger partial charge in [0.05, 0.1) is 21.9 Å². The Labute approximate surface area is 132 Å². The average molecular weight is 381 g/mol. The maximum absolute atomic E-state index is 12.0. The van der Waals surface area contributed by atoms with E-state index in [1.54, 1.807) is 6.07 Å². The first-order valence-corrected chi connectivity index (χ1v) is 6.84. The van der Waals surface area contributed by atoms with E-state index in [4.69, 9.17) is 34.8 Å².